The predicted octanol–water partition coefficient (Wildman–Crippen LogP) is 4.46. The molecule has 0 saturated heterocycles. The van der Waals surface area contributed by atoms with Crippen LogP contribution in [0.15, 0.2) is 18.2 Å². The van der Waals surface area contributed by atoms with Crippen molar-refractivity contribution in [1.82, 2.24) is 5.32 Å². The summed E-state index contributed by atoms with van der Waals surface area (Å²) < 4.78 is 0. The highest BCUT2D eigenvalue weighted by Gasteiger charge is 2.25. The predicted molar refractivity (Wildman–Crippen MR) is 74.5 cm³/mol. The summed E-state index contributed by atoms with van der Waals surface area (Å²) in [6.07, 6.45) is 6.71. The minimum Gasteiger partial charge on any atom is -0.307 e. The lowest BCUT2D eigenvalue weighted by Crippen LogP contribution is -2.43. The maximum atomic E-state index is 6.14. The first kappa shape index (κ1) is 12.9. The van der Waals surface area contributed by atoms with Gasteiger partial charge in [0.2, 0.25) is 0 Å². The topological polar surface area (TPSA) is 12.0 Å². The van der Waals surface area contributed by atoms with E-state index in [0.717, 1.165) is 17.1 Å². The van der Waals surface area contributed by atoms with E-state index in [1.807, 2.05) is 6.92 Å². The largest absolute Gasteiger partial charge is 0.307 e. The molecule has 1 N–H and O–H groups in total. The lowest BCUT2D eigenvalue weighted by Gasteiger charge is -2.35. The van der Waals surface area contributed by atoms with Gasteiger partial charge in [0, 0.05) is 17.1 Å². The number of rotatable bonds is 3. The summed E-state index contributed by atoms with van der Waals surface area (Å²) in [6, 6.07) is 6.35. The summed E-state index contributed by atoms with van der Waals surface area (Å²) in [5.41, 5.74) is 2.77. The highest BCUT2D eigenvalue weighted by atomic mass is 35.5. The van der Waals surface area contributed by atoms with Gasteiger partial charge >= 0.3 is 0 Å². The zero-order chi connectivity index (χ0) is 12.3. The Hall–Kier alpha value is -0.530. The van der Waals surface area contributed by atoms with Gasteiger partial charge in [-0.05, 0) is 43.9 Å². The number of halogens is 1. The molecular weight excluding hydrogens is 230 g/mol. The van der Waals surface area contributed by atoms with Crippen LogP contribution < -0.4 is 5.32 Å². The summed E-state index contributed by atoms with van der Waals surface area (Å²) in [7, 11) is 0. The molecule has 0 bridgehead atoms. The van der Waals surface area contributed by atoms with E-state index in [4.69, 9.17) is 11.6 Å². The van der Waals surface area contributed by atoms with Gasteiger partial charge in [-0.3, -0.25) is 0 Å². The second-order valence-electron chi connectivity index (χ2n) is 5.56. The van der Waals surface area contributed by atoms with Crippen LogP contribution in [0.25, 0.3) is 0 Å². The van der Waals surface area contributed by atoms with Crippen LogP contribution >= 0.6 is 11.6 Å². The Kier molecular flexibility index (Phi) is 4.11. The van der Waals surface area contributed by atoms with Crippen molar-refractivity contribution in [3.63, 3.8) is 0 Å². The first-order valence-electron chi connectivity index (χ1n) is 6.59. The molecule has 0 aromatic heterocycles. The Morgan fingerprint density at radius 2 is 1.94 bits per heavy atom. The minimum atomic E-state index is 0.329. The highest BCUT2D eigenvalue weighted by Crippen LogP contribution is 2.28. The maximum absolute atomic E-state index is 6.14. The Morgan fingerprint density at radius 3 is 2.59 bits per heavy atom. The van der Waals surface area contributed by atoms with Crippen molar-refractivity contribution in [3.05, 3.63) is 34.3 Å². The van der Waals surface area contributed by atoms with Crippen LogP contribution in [0.2, 0.25) is 5.02 Å². The molecule has 1 saturated carbocycles. The Morgan fingerprint density at radius 1 is 1.24 bits per heavy atom. The van der Waals surface area contributed by atoms with E-state index < -0.39 is 0 Å². The van der Waals surface area contributed by atoms with E-state index in [1.54, 1.807) is 0 Å². The SMILES string of the molecule is Cc1ccc(CNC2(C)CCCCC2)cc1Cl. The van der Waals surface area contributed by atoms with Crippen molar-refractivity contribution in [2.24, 2.45) is 0 Å². The minimum absolute atomic E-state index is 0.329. The fraction of sp³-hybridized carbons (Fsp3) is 0.600. The van der Waals surface area contributed by atoms with Crippen molar-refractivity contribution in [2.45, 2.75) is 58.0 Å². The molecule has 0 amide bonds. The zero-order valence-electron chi connectivity index (χ0n) is 10.9. The van der Waals surface area contributed by atoms with Crippen LogP contribution in [0.1, 0.15) is 50.2 Å². The zero-order valence-corrected chi connectivity index (χ0v) is 11.6. The van der Waals surface area contributed by atoms with Crippen LogP contribution in [0, 0.1) is 6.92 Å². The van der Waals surface area contributed by atoms with Crippen molar-refractivity contribution in [3.8, 4) is 0 Å². The van der Waals surface area contributed by atoms with E-state index in [9.17, 15) is 0 Å². The highest BCUT2D eigenvalue weighted by molar-refractivity contribution is 6.31. The molecule has 17 heavy (non-hydrogen) atoms. The third-order valence-corrected chi connectivity index (χ3v) is 4.32. The molecule has 1 aliphatic rings. The first-order valence-corrected chi connectivity index (χ1v) is 6.97. The van der Waals surface area contributed by atoms with Gasteiger partial charge in [-0.25, -0.2) is 0 Å². The Bertz CT molecular complexity index is 381. The van der Waals surface area contributed by atoms with Crippen LogP contribution in [0.4, 0.5) is 0 Å². The fourth-order valence-corrected chi connectivity index (χ4v) is 2.77. The molecule has 0 heterocycles. The third-order valence-electron chi connectivity index (χ3n) is 3.91. The van der Waals surface area contributed by atoms with E-state index >= 15 is 0 Å². The van der Waals surface area contributed by atoms with E-state index in [-0.39, 0.29) is 0 Å². The molecule has 1 fully saturated rings. The quantitative estimate of drug-likeness (QED) is 0.836. The third kappa shape index (κ3) is 3.46. The van der Waals surface area contributed by atoms with Crippen LogP contribution in [0.5, 0.6) is 0 Å². The van der Waals surface area contributed by atoms with Gasteiger partial charge in [0.1, 0.15) is 0 Å². The molecular formula is C15H22ClN. The Labute approximate surface area is 110 Å². The van der Waals surface area contributed by atoms with Crippen molar-refractivity contribution >= 4 is 11.6 Å². The number of nitrogens with one attached hydrogen (secondary N) is 1. The summed E-state index contributed by atoms with van der Waals surface area (Å²) >= 11 is 6.14. The van der Waals surface area contributed by atoms with Gasteiger partial charge in [-0.1, -0.05) is 43.0 Å². The molecule has 2 heteroatoms. The summed E-state index contributed by atoms with van der Waals surface area (Å²) in [5.74, 6) is 0. The molecule has 1 nitrogen and oxygen atoms in total. The molecule has 0 aliphatic heterocycles. The van der Waals surface area contributed by atoms with Crippen LogP contribution in [-0.2, 0) is 6.54 Å². The second-order valence-corrected chi connectivity index (χ2v) is 5.97. The molecule has 1 aromatic rings. The maximum Gasteiger partial charge on any atom is 0.0438 e. The van der Waals surface area contributed by atoms with Gasteiger partial charge < -0.3 is 5.32 Å². The second kappa shape index (κ2) is 5.41. The lowest BCUT2D eigenvalue weighted by molar-refractivity contribution is 0.252. The first-order chi connectivity index (χ1) is 8.09. The van der Waals surface area contributed by atoms with Gasteiger partial charge in [0.05, 0.1) is 0 Å². The molecule has 0 unspecified atom stereocenters. The number of hydrogen-bond donors (Lipinski definition) is 1. The fourth-order valence-electron chi connectivity index (χ4n) is 2.57. The van der Waals surface area contributed by atoms with Crippen molar-refractivity contribution in [1.29, 1.82) is 0 Å². The van der Waals surface area contributed by atoms with Crippen LogP contribution in [0.3, 0.4) is 0 Å². The van der Waals surface area contributed by atoms with Gasteiger partial charge in [0.25, 0.3) is 0 Å². The molecule has 2 rings (SSSR count). The van der Waals surface area contributed by atoms with Crippen LogP contribution in [-0.4, -0.2) is 5.54 Å². The number of hydrogen-bond acceptors (Lipinski definition) is 1. The summed E-state index contributed by atoms with van der Waals surface area (Å²) in [4.78, 5) is 0. The van der Waals surface area contributed by atoms with Crippen molar-refractivity contribution < 1.29 is 0 Å². The molecule has 1 aliphatic carbocycles. The smallest absolute Gasteiger partial charge is 0.0438 e. The number of aryl methyl sites for hydroxylation is 1. The van der Waals surface area contributed by atoms with Crippen molar-refractivity contribution in [2.75, 3.05) is 0 Å². The van der Waals surface area contributed by atoms with Gasteiger partial charge in [-0.2, -0.15) is 0 Å². The monoisotopic (exact) mass is 251 g/mol. The molecule has 0 atom stereocenters. The molecule has 0 radical (unpaired) electrons. The van der Waals surface area contributed by atoms with E-state index in [1.165, 1.54) is 37.7 Å². The molecule has 0 spiro atoms. The Balaban J connectivity index is 1.94. The van der Waals surface area contributed by atoms with Gasteiger partial charge in [-0.15, -0.1) is 0 Å². The number of benzene rings is 1. The van der Waals surface area contributed by atoms with Gasteiger partial charge in [0.15, 0.2) is 0 Å². The summed E-state index contributed by atoms with van der Waals surface area (Å²) in [6.45, 7) is 5.32. The molecule has 1 aromatic carbocycles. The summed E-state index contributed by atoms with van der Waals surface area (Å²) in [5, 5.41) is 4.58. The average molecular weight is 252 g/mol. The molecule has 94 valence electrons. The normalized spacial score (nSPS) is 19.2. The van der Waals surface area contributed by atoms with E-state index in [2.05, 4.69) is 30.4 Å². The average Bonchev–Trinajstić information content (AvgIpc) is 2.32. The van der Waals surface area contributed by atoms with E-state index in [0.29, 0.717) is 5.54 Å². The lowest BCUT2D eigenvalue weighted by atomic mass is 9.83. The standard InChI is InChI=1S/C15H22ClN/c1-12-6-7-13(10-14(12)16)11-17-15(2)8-4-3-5-9-15/h6-7,10,17H,3-5,8-9,11H2,1-2H3.